The van der Waals surface area contributed by atoms with Crippen LogP contribution >= 0.6 is 0 Å². The fraction of sp³-hybridized carbons (Fsp3) is 0.333. The summed E-state index contributed by atoms with van der Waals surface area (Å²) in [5.74, 6) is -0.631. The van der Waals surface area contributed by atoms with Gasteiger partial charge in [0.2, 0.25) is 0 Å². The van der Waals surface area contributed by atoms with Crippen molar-refractivity contribution in [2.75, 3.05) is 20.3 Å². The highest BCUT2D eigenvalue weighted by Crippen LogP contribution is 2.29. The molecule has 9 nitrogen and oxygen atoms in total. The van der Waals surface area contributed by atoms with E-state index < -0.39 is 23.0 Å². The van der Waals surface area contributed by atoms with Crippen LogP contribution in [0.3, 0.4) is 0 Å². The number of carbonyl (C=O) groups is 2. The second-order valence-corrected chi connectivity index (χ2v) is 5.05. The molecular weight excluding hydrogens is 318 g/mol. The predicted molar refractivity (Wildman–Crippen MR) is 83.0 cm³/mol. The maximum absolute atomic E-state index is 12.3. The maximum atomic E-state index is 12.3. The second kappa shape index (κ2) is 7.55. The Bertz CT molecular complexity index is 700. The normalized spacial score (nSPS) is 17.1. The zero-order chi connectivity index (χ0) is 17.7. The highest BCUT2D eigenvalue weighted by atomic mass is 16.6. The third-order valence-electron chi connectivity index (χ3n) is 3.42. The third-order valence-corrected chi connectivity index (χ3v) is 3.42. The van der Waals surface area contributed by atoms with Gasteiger partial charge in [0.15, 0.2) is 0 Å². The fourth-order valence-electron chi connectivity index (χ4n) is 2.33. The van der Waals surface area contributed by atoms with Gasteiger partial charge in [0.05, 0.1) is 23.1 Å². The molecular formula is C15H17N3O6. The van der Waals surface area contributed by atoms with E-state index in [4.69, 9.17) is 9.47 Å². The van der Waals surface area contributed by atoms with Crippen LogP contribution in [0.15, 0.2) is 35.5 Å². The van der Waals surface area contributed by atoms with Gasteiger partial charge in [-0.3, -0.25) is 10.1 Å². The van der Waals surface area contributed by atoms with Gasteiger partial charge in [0.1, 0.15) is 6.61 Å². The summed E-state index contributed by atoms with van der Waals surface area (Å²) < 4.78 is 9.93. The number of ether oxygens (including phenoxy) is 2. The number of amides is 2. The Balaban J connectivity index is 2.36. The van der Waals surface area contributed by atoms with Crippen LogP contribution in [0.4, 0.5) is 10.5 Å². The van der Waals surface area contributed by atoms with Crippen molar-refractivity contribution >= 4 is 17.7 Å². The van der Waals surface area contributed by atoms with E-state index in [9.17, 15) is 19.7 Å². The lowest BCUT2D eigenvalue weighted by atomic mass is 9.95. The molecule has 0 radical (unpaired) electrons. The van der Waals surface area contributed by atoms with Crippen LogP contribution in [0.1, 0.15) is 18.5 Å². The number of urea groups is 1. The molecule has 1 heterocycles. The van der Waals surface area contributed by atoms with Crippen LogP contribution in [-0.4, -0.2) is 37.2 Å². The zero-order valence-corrected chi connectivity index (χ0v) is 13.2. The molecule has 128 valence electrons. The van der Waals surface area contributed by atoms with Gasteiger partial charge in [-0.25, -0.2) is 9.59 Å². The Morgan fingerprint density at radius 2 is 2.12 bits per heavy atom. The number of esters is 1. The molecule has 0 unspecified atom stereocenters. The molecule has 1 aliphatic heterocycles. The van der Waals surface area contributed by atoms with Crippen LogP contribution in [0, 0.1) is 10.1 Å². The number of rotatable bonds is 6. The Morgan fingerprint density at radius 1 is 1.38 bits per heavy atom. The monoisotopic (exact) mass is 335 g/mol. The lowest BCUT2D eigenvalue weighted by Gasteiger charge is -2.28. The average Bonchev–Trinajstić information content (AvgIpc) is 2.54. The molecule has 1 aromatic rings. The average molecular weight is 335 g/mol. The van der Waals surface area contributed by atoms with Crippen molar-refractivity contribution in [2.45, 2.75) is 13.0 Å². The molecule has 2 N–H and O–H groups in total. The minimum atomic E-state index is -0.839. The lowest BCUT2D eigenvalue weighted by Crippen LogP contribution is -2.45. The van der Waals surface area contributed by atoms with Gasteiger partial charge in [0.25, 0.3) is 5.69 Å². The number of benzene rings is 1. The van der Waals surface area contributed by atoms with Crippen molar-refractivity contribution in [3.05, 3.63) is 51.2 Å². The van der Waals surface area contributed by atoms with E-state index in [1.807, 2.05) is 0 Å². The lowest BCUT2D eigenvalue weighted by molar-refractivity contribution is -0.384. The topological polar surface area (TPSA) is 120 Å². The number of nitrogens with zero attached hydrogens (tertiary/aromatic N) is 1. The SMILES string of the molecule is COCCOC(=O)C1=C(C)NC(=O)N[C@@H]1c1cccc([N+](=O)[O-])c1. The molecule has 0 fully saturated rings. The van der Waals surface area contributed by atoms with Gasteiger partial charge >= 0.3 is 12.0 Å². The van der Waals surface area contributed by atoms with Crippen molar-refractivity contribution in [1.29, 1.82) is 0 Å². The van der Waals surface area contributed by atoms with Gasteiger partial charge in [-0.15, -0.1) is 0 Å². The molecule has 1 aliphatic rings. The molecule has 0 aliphatic carbocycles. The van der Waals surface area contributed by atoms with Crippen molar-refractivity contribution in [3.63, 3.8) is 0 Å². The second-order valence-electron chi connectivity index (χ2n) is 5.05. The van der Waals surface area contributed by atoms with Crippen molar-refractivity contribution in [2.24, 2.45) is 0 Å². The van der Waals surface area contributed by atoms with E-state index >= 15 is 0 Å². The van der Waals surface area contributed by atoms with E-state index in [2.05, 4.69) is 10.6 Å². The summed E-state index contributed by atoms with van der Waals surface area (Å²) in [5, 5.41) is 16.0. The van der Waals surface area contributed by atoms with E-state index in [-0.39, 0.29) is 24.5 Å². The fourth-order valence-corrected chi connectivity index (χ4v) is 2.33. The number of hydrogen-bond acceptors (Lipinski definition) is 6. The Kier molecular flexibility index (Phi) is 5.48. The summed E-state index contributed by atoms with van der Waals surface area (Å²) in [5.41, 5.74) is 0.797. The van der Waals surface area contributed by atoms with E-state index in [1.165, 1.54) is 25.3 Å². The van der Waals surface area contributed by atoms with Gasteiger partial charge < -0.3 is 20.1 Å². The smallest absolute Gasteiger partial charge is 0.338 e. The molecule has 2 rings (SSSR count). The quantitative estimate of drug-likeness (QED) is 0.351. The van der Waals surface area contributed by atoms with E-state index in [0.717, 1.165) is 0 Å². The summed E-state index contributed by atoms with van der Waals surface area (Å²) in [6.45, 7) is 1.86. The molecule has 0 aromatic heterocycles. The van der Waals surface area contributed by atoms with Crippen molar-refractivity contribution in [3.8, 4) is 0 Å². The zero-order valence-electron chi connectivity index (χ0n) is 13.2. The first-order chi connectivity index (χ1) is 11.4. The molecule has 1 atom stereocenters. The number of allylic oxidation sites excluding steroid dienone is 1. The highest BCUT2D eigenvalue weighted by Gasteiger charge is 2.32. The summed E-state index contributed by atoms with van der Waals surface area (Å²) in [6, 6.07) is 4.39. The summed E-state index contributed by atoms with van der Waals surface area (Å²) in [4.78, 5) is 34.5. The first-order valence-corrected chi connectivity index (χ1v) is 7.12. The van der Waals surface area contributed by atoms with E-state index in [0.29, 0.717) is 11.3 Å². The Labute approximate surface area is 137 Å². The molecule has 9 heteroatoms. The predicted octanol–water partition coefficient (Wildman–Crippen LogP) is 1.41. The minimum Gasteiger partial charge on any atom is -0.460 e. The van der Waals surface area contributed by atoms with E-state index in [1.54, 1.807) is 13.0 Å². The number of hydrogen-bond donors (Lipinski definition) is 2. The largest absolute Gasteiger partial charge is 0.460 e. The standard InChI is InChI=1S/C15H17N3O6/c1-9-12(14(19)24-7-6-23-2)13(17-15(20)16-9)10-4-3-5-11(8-10)18(21)22/h3-5,8,13H,6-7H2,1-2H3,(H2,16,17,20)/t13-/m1/s1. The van der Waals surface area contributed by atoms with Crippen LogP contribution < -0.4 is 10.6 Å². The van der Waals surface area contributed by atoms with Crippen LogP contribution in [0.25, 0.3) is 0 Å². The molecule has 0 saturated heterocycles. The number of carbonyl (C=O) groups excluding carboxylic acids is 2. The minimum absolute atomic E-state index is 0.0573. The number of nitrogens with one attached hydrogen (secondary N) is 2. The van der Waals surface area contributed by atoms with Crippen molar-refractivity contribution in [1.82, 2.24) is 10.6 Å². The highest BCUT2D eigenvalue weighted by molar-refractivity contribution is 5.95. The molecule has 2 amide bonds. The Hall–Kier alpha value is -2.94. The number of nitro benzene ring substituents is 1. The first kappa shape index (κ1) is 17.4. The summed E-state index contributed by atoms with van der Waals surface area (Å²) in [6.07, 6.45) is 0. The van der Waals surface area contributed by atoms with Crippen LogP contribution in [0.5, 0.6) is 0 Å². The molecule has 0 bridgehead atoms. The van der Waals surface area contributed by atoms with Gasteiger partial charge in [0, 0.05) is 24.9 Å². The molecule has 24 heavy (non-hydrogen) atoms. The summed E-state index contributed by atoms with van der Waals surface area (Å²) in [7, 11) is 1.48. The van der Waals surface area contributed by atoms with Crippen molar-refractivity contribution < 1.29 is 24.0 Å². The number of methoxy groups -OCH3 is 1. The molecule has 0 spiro atoms. The maximum Gasteiger partial charge on any atom is 0.338 e. The van der Waals surface area contributed by atoms with Gasteiger partial charge in [-0.2, -0.15) is 0 Å². The third kappa shape index (κ3) is 3.87. The van der Waals surface area contributed by atoms with Gasteiger partial charge in [-0.05, 0) is 12.5 Å². The molecule has 0 saturated carbocycles. The van der Waals surface area contributed by atoms with Gasteiger partial charge in [-0.1, -0.05) is 12.1 Å². The number of nitro groups is 1. The number of non-ortho nitro benzene ring substituents is 1. The van der Waals surface area contributed by atoms with Crippen LogP contribution in [0.2, 0.25) is 0 Å². The first-order valence-electron chi connectivity index (χ1n) is 7.12. The molecule has 1 aromatic carbocycles. The summed E-state index contributed by atoms with van der Waals surface area (Å²) >= 11 is 0. The van der Waals surface area contributed by atoms with Crippen LogP contribution in [-0.2, 0) is 14.3 Å². The Morgan fingerprint density at radius 3 is 2.79 bits per heavy atom.